The van der Waals surface area contributed by atoms with Crippen LogP contribution in [-0.4, -0.2) is 5.54 Å². The molecule has 0 atom stereocenters. The first kappa shape index (κ1) is 18.9. The first-order chi connectivity index (χ1) is 14.8. The third-order valence-corrected chi connectivity index (χ3v) is 6.51. The van der Waals surface area contributed by atoms with E-state index >= 15 is 0 Å². The molecule has 4 aromatic carbocycles. The normalized spacial score (nSPS) is 13.8. The van der Waals surface area contributed by atoms with Crippen molar-refractivity contribution in [2.24, 2.45) is 0 Å². The molecule has 0 amide bonds. The minimum atomic E-state index is 0.104. The Morgan fingerprint density at radius 3 is 0.933 bits per heavy atom. The summed E-state index contributed by atoms with van der Waals surface area (Å²) in [7, 11) is 0. The second kappa shape index (κ2) is 8.34. The van der Waals surface area contributed by atoms with Crippen molar-refractivity contribution in [3.05, 3.63) is 144 Å². The van der Waals surface area contributed by atoms with Crippen molar-refractivity contribution in [2.45, 2.75) is 0 Å². The minimum Gasteiger partial charge on any atom is -0.143 e. The average molecular weight is 447 g/mol. The van der Waals surface area contributed by atoms with Crippen molar-refractivity contribution >= 4 is 43.4 Å². The van der Waals surface area contributed by atoms with E-state index in [0.717, 1.165) is 0 Å². The summed E-state index contributed by atoms with van der Waals surface area (Å²) in [5.41, 5.74) is 10.3. The Hall–Kier alpha value is -3.10. The maximum Gasteiger partial charge on any atom is 0.289 e. The van der Waals surface area contributed by atoms with Crippen molar-refractivity contribution in [2.75, 3.05) is 0 Å². The molecule has 0 saturated heterocycles. The molecule has 1 aliphatic rings. The van der Waals surface area contributed by atoms with Gasteiger partial charge in [-0.2, -0.15) is 0 Å². The summed E-state index contributed by atoms with van der Waals surface area (Å²) in [5, 5.41) is 0. The number of hydrogen-bond acceptors (Lipinski definition) is 0. The first-order valence-corrected chi connectivity index (χ1v) is 11.1. The van der Waals surface area contributed by atoms with Gasteiger partial charge in [0.15, 0.2) is 0 Å². The van der Waals surface area contributed by atoms with E-state index in [4.69, 9.17) is 0 Å². The molecule has 0 spiro atoms. The summed E-state index contributed by atoms with van der Waals surface area (Å²) in [6.07, 6.45) is 0. The predicted octanol–water partition coefficient (Wildman–Crippen LogP) is 7.69. The highest BCUT2D eigenvalue weighted by Gasteiger charge is 2.37. The maximum atomic E-state index is 4.10. The van der Waals surface area contributed by atoms with E-state index in [-0.39, 0.29) is 5.54 Å². The number of allylic oxidation sites excluding steroid dienone is 2. The zero-order valence-corrected chi connectivity index (χ0v) is 18.1. The van der Waals surface area contributed by atoms with E-state index in [1.165, 1.54) is 44.3 Å². The molecule has 4 aromatic rings. The molecule has 0 saturated carbocycles. The molecule has 30 heavy (non-hydrogen) atoms. The van der Waals surface area contributed by atoms with Crippen molar-refractivity contribution in [1.29, 1.82) is 0 Å². The summed E-state index contributed by atoms with van der Waals surface area (Å²) in [5.74, 6) is 0. The Morgan fingerprint density at radius 1 is 0.367 bits per heavy atom. The van der Waals surface area contributed by atoms with Crippen molar-refractivity contribution in [3.8, 4) is 0 Å². The number of benzene rings is 4. The zero-order valence-electron chi connectivity index (χ0n) is 16.5. The highest BCUT2D eigenvalue weighted by atomic mass is 79.9. The zero-order chi connectivity index (χ0) is 20.3. The molecule has 0 fully saturated rings. The second-order valence-electron chi connectivity index (χ2n) is 7.40. The van der Waals surface area contributed by atoms with Crippen molar-refractivity contribution in [1.82, 2.24) is 0 Å². The summed E-state index contributed by atoms with van der Waals surface area (Å²) >= 11 is 4.10. The minimum absolute atomic E-state index is 0.104. The largest absolute Gasteiger partial charge is 0.289 e. The molecule has 0 nitrogen and oxygen atoms in total. The quantitative estimate of drug-likeness (QED) is 0.282. The fourth-order valence-corrected chi connectivity index (χ4v) is 5.28. The second-order valence-corrected chi connectivity index (χ2v) is 8.32. The molecule has 1 aliphatic heterocycles. The molecular formula is C28H20BBr. The lowest BCUT2D eigenvalue weighted by Gasteiger charge is -2.15. The molecule has 0 aliphatic carbocycles. The van der Waals surface area contributed by atoms with Crippen molar-refractivity contribution < 1.29 is 0 Å². The van der Waals surface area contributed by atoms with Crippen LogP contribution in [0, 0.1) is 0 Å². The van der Waals surface area contributed by atoms with E-state index in [9.17, 15) is 0 Å². The van der Waals surface area contributed by atoms with E-state index in [2.05, 4.69) is 137 Å². The third-order valence-electron chi connectivity index (χ3n) is 5.59. The Balaban J connectivity index is 1.86. The van der Waals surface area contributed by atoms with Crippen LogP contribution < -0.4 is 0 Å². The van der Waals surface area contributed by atoms with E-state index in [1.807, 2.05) is 0 Å². The lowest BCUT2D eigenvalue weighted by molar-refractivity contribution is 1.58. The fourth-order valence-electron chi connectivity index (χ4n) is 4.29. The molecule has 142 valence electrons. The smallest absolute Gasteiger partial charge is 0.143 e. The van der Waals surface area contributed by atoms with E-state index < -0.39 is 0 Å². The molecule has 0 unspecified atom stereocenters. The average Bonchev–Trinajstić information content (AvgIpc) is 3.14. The Kier molecular flexibility index (Phi) is 5.25. The topological polar surface area (TPSA) is 0 Å². The monoisotopic (exact) mass is 446 g/mol. The standard InChI is InChI=1S/C28H20BBr/c30-29-27(23-17-9-3-10-18-23)25(21-13-5-1-6-14-21)26(22-15-7-2-8-16-22)28(29)24-19-11-4-12-20-24/h1-20H. The van der Waals surface area contributed by atoms with Crippen LogP contribution in [0.3, 0.4) is 0 Å². The number of rotatable bonds is 4. The van der Waals surface area contributed by atoms with Crippen LogP contribution in [-0.2, 0) is 0 Å². The molecule has 0 aromatic heterocycles. The third kappa shape index (κ3) is 3.38. The highest BCUT2D eigenvalue weighted by Crippen LogP contribution is 2.52. The molecule has 0 N–H and O–H groups in total. The summed E-state index contributed by atoms with van der Waals surface area (Å²) in [4.78, 5) is 0. The molecule has 5 rings (SSSR count). The Morgan fingerprint density at radius 2 is 0.633 bits per heavy atom. The van der Waals surface area contributed by atoms with Gasteiger partial charge in [-0.3, -0.25) is 0 Å². The van der Waals surface area contributed by atoms with Gasteiger partial charge in [-0.15, -0.1) is 15.8 Å². The van der Waals surface area contributed by atoms with Gasteiger partial charge in [-0.1, -0.05) is 121 Å². The molecule has 1 heterocycles. The predicted molar refractivity (Wildman–Crippen MR) is 134 cm³/mol. The van der Waals surface area contributed by atoms with Gasteiger partial charge in [0.05, 0.1) is 0 Å². The van der Waals surface area contributed by atoms with Crippen LogP contribution in [0.25, 0.3) is 22.1 Å². The maximum absolute atomic E-state index is 4.10. The fraction of sp³-hybridized carbons (Fsp3) is 0. The van der Waals surface area contributed by atoms with Crippen LogP contribution in [0.4, 0.5) is 0 Å². The van der Waals surface area contributed by atoms with Gasteiger partial charge in [0.25, 0.3) is 5.54 Å². The van der Waals surface area contributed by atoms with Gasteiger partial charge < -0.3 is 0 Å². The number of hydrogen-bond donors (Lipinski definition) is 0. The lowest BCUT2D eigenvalue weighted by Crippen LogP contribution is -2.07. The molecule has 0 radical (unpaired) electrons. The van der Waals surface area contributed by atoms with Gasteiger partial charge in [0, 0.05) is 0 Å². The number of halogens is 1. The summed E-state index contributed by atoms with van der Waals surface area (Å²) in [6, 6.07) is 43.0. The molecule has 0 bridgehead atoms. The van der Waals surface area contributed by atoms with Gasteiger partial charge in [-0.25, -0.2) is 0 Å². The summed E-state index contributed by atoms with van der Waals surface area (Å²) < 4.78 is 0. The Labute approximate surface area is 186 Å². The van der Waals surface area contributed by atoms with Gasteiger partial charge in [-0.05, 0) is 44.3 Å². The molecule has 2 heteroatoms. The molecular weight excluding hydrogens is 427 g/mol. The SMILES string of the molecule is BrB1C(c2ccccc2)=C(c2ccccc2)C(c2ccccc2)=C1c1ccccc1. The van der Waals surface area contributed by atoms with Gasteiger partial charge >= 0.3 is 0 Å². The van der Waals surface area contributed by atoms with Crippen LogP contribution in [0.1, 0.15) is 22.3 Å². The van der Waals surface area contributed by atoms with Crippen molar-refractivity contribution in [3.63, 3.8) is 0 Å². The highest BCUT2D eigenvalue weighted by molar-refractivity contribution is 9.25. The van der Waals surface area contributed by atoms with E-state index in [1.54, 1.807) is 0 Å². The van der Waals surface area contributed by atoms with Crippen LogP contribution in [0.2, 0.25) is 0 Å². The van der Waals surface area contributed by atoms with Crippen LogP contribution in [0.5, 0.6) is 0 Å². The van der Waals surface area contributed by atoms with Crippen LogP contribution >= 0.6 is 15.8 Å². The first-order valence-electron chi connectivity index (χ1n) is 10.2. The lowest BCUT2D eigenvalue weighted by atomic mass is 9.60. The van der Waals surface area contributed by atoms with Crippen LogP contribution in [0.15, 0.2) is 121 Å². The van der Waals surface area contributed by atoms with Gasteiger partial charge in [0.2, 0.25) is 0 Å². The van der Waals surface area contributed by atoms with E-state index in [0.29, 0.717) is 0 Å². The Bertz CT molecular complexity index is 1110. The van der Waals surface area contributed by atoms with Gasteiger partial charge in [0.1, 0.15) is 0 Å². The summed E-state index contributed by atoms with van der Waals surface area (Å²) in [6.45, 7) is 0.